The molecule has 2 aromatic carbocycles. The van der Waals surface area contributed by atoms with Gasteiger partial charge in [-0.15, -0.1) is 11.3 Å². The van der Waals surface area contributed by atoms with Crippen molar-refractivity contribution in [3.63, 3.8) is 0 Å². The summed E-state index contributed by atoms with van der Waals surface area (Å²) in [4.78, 5) is 4.07. The normalized spacial score (nSPS) is 9.36. The first-order valence-electron chi connectivity index (χ1n) is 6.67. The van der Waals surface area contributed by atoms with E-state index in [9.17, 15) is 0 Å². The SMILES string of the molecule is Brc1ccccc1Br.CC.OB(O)c1ccc2ncsc2c1. The van der Waals surface area contributed by atoms with Gasteiger partial charge in [-0.05, 0) is 61.6 Å². The molecule has 22 heavy (non-hydrogen) atoms. The maximum Gasteiger partial charge on any atom is 0.488 e. The maximum absolute atomic E-state index is 8.86. The highest BCUT2D eigenvalue weighted by atomic mass is 79.9. The minimum Gasteiger partial charge on any atom is -0.423 e. The minimum absolute atomic E-state index is 0.506. The monoisotopic (exact) mass is 443 g/mol. The van der Waals surface area contributed by atoms with Crippen molar-refractivity contribution in [3.8, 4) is 0 Å². The van der Waals surface area contributed by atoms with E-state index in [0.717, 1.165) is 19.2 Å². The van der Waals surface area contributed by atoms with E-state index >= 15 is 0 Å². The summed E-state index contributed by atoms with van der Waals surface area (Å²) in [7, 11) is -1.39. The first kappa shape index (κ1) is 19.3. The van der Waals surface area contributed by atoms with Crippen molar-refractivity contribution in [2.75, 3.05) is 0 Å². The predicted molar refractivity (Wildman–Crippen MR) is 103 cm³/mol. The van der Waals surface area contributed by atoms with Gasteiger partial charge in [-0.1, -0.05) is 32.0 Å². The van der Waals surface area contributed by atoms with Crippen LogP contribution in [0, 0.1) is 0 Å². The van der Waals surface area contributed by atoms with Gasteiger partial charge < -0.3 is 10.0 Å². The lowest BCUT2D eigenvalue weighted by atomic mass is 9.80. The molecule has 0 saturated carbocycles. The number of hydrogen-bond acceptors (Lipinski definition) is 4. The van der Waals surface area contributed by atoms with Crippen molar-refractivity contribution in [3.05, 3.63) is 56.9 Å². The third-order valence-corrected chi connectivity index (χ3v) is 5.18. The van der Waals surface area contributed by atoms with Gasteiger partial charge in [0.25, 0.3) is 0 Å². The van der Waals surface area contributed by atoms with Crippen molar-refractivity contribution < 1.29 is 10.0 Å². The van der Waals surface area contributed by atoms with Gasteiger partial charge in [-0.25, -0.2) is 4.98 Å². The number of fused-ring (bicyclic) bond motifs is 1. The molecule has 3 rings (SSSR count). The number of thiazole rings is 1. The first-order chi connectivity index (χ1) is 10.6. The van der Waals surface area contributed by atoms with Crippen molar-refractivity contribution in [1.82, 2.24) is 4.98 Å². The van der Waals surface area contributed by atoms with Crippen LogP contribution in [-0.2, 0) is 0 Å². The first-order valence-corrected chi connectivity index (χ1v) is 9.14. The molecule has 0 aliphatic rings. The van der Waals surface area contributed by atoms with Gasteiger partial charge in [0.2, 0.25) is 0 Å². The van der Waals surface area contributed by atoms with Crippen LogP contribution in [0.25, 0.3) is 10.2 Å². The average molecular weight is 445 g/mol. The third kappa shape index (κ3) is 5.81. The Morgan fingerprint density at radius 1 is 1.00 bits per heavy atom. The van der Waals surface area contributed by atoms with E-state index in [1.807, 2.05) is 38.1 Å². The Morgan fingerprint density at radius 2 is 1.59 bits per heavy atom. The van der Waals surface area contributed by atoms with Crippen LogP contribution >= 0.6 is 43.2 Å². The van der Waals surface area contributed by atoms with Crippen LogP contribution in [-0.4, -0.2) is 22.2 Å². The second-order valence-electron chi connectivity index (χ2n) is 3.87. The summed E-state index contributed by atoms with van der Waals surface area (Å²) >= 11 is 8.18. The van der Waals surface area contributed by atoms with E-state index < -0.39 is 7.12 Å². The summed E-state index contributed by atoms with van der Waals surface area (Å²) in [6.07, 6.45) is 0. The molecule has 1 heterocycles. The molecule has 0 aliphatic heterocycles. The predicted octanol–water partition coefficient (Wildman–Crippen LogP) is 4.21. The summed E-state index contributed by atoms with van der Waals surface area (Å²) in [5.74, 6) is 0. The summed E-state index contributed by atoms with van der Waals surface area (Å²) in [5.41, 5.74) is 3.13. The average Bonchev–Trinajstić information content (AvgIpc) is 3.00. The Labute approximate surface area is 151 Å². The van der Waals surface area contributed by atoms with Crippen LogP contribution in [0.15, 0.2) is 56.9 Å². The van der Waals surface area contributed by atoms with Crippen LogP contribution in [0.3, 0.4) is 0 Å². The molecule has 0 fully saturated rings. The summed E-state index contributed by atoms with van der Waals surface area (Å²) in [5, 5.41) is 17.7. The van der Waals surface area contributed by atoms with Gasteiger partial charge in [0.1, 0.15) is 0 Å². The smallest absolute Gasteiger partial charge is 0.423 e. The molecule has 3 nitrogen and oxygen atoms in total. The van der Waals surface area contributed by atoms with Crippen molar-refractivity contribution in [1.29, 1.82) is 0 Å². The van der Waals surface area contributed by atoms with Crippen LogP contribution in [0.5, 0.6) is 0 Å². The summed E-state index contributed by atoms with van der Waals surface area (Å²) in [6.45, 7) is 4.00. The zero-order valence-corrected chi connectivity index (χ0v) is 16.2. The molecule has 2 N–H and O–H groups in total. The number of nitrogens with zero attached hydrogens (tertiary/aromatic N) is 1. The molecular formula is C15H16BBr2NO2S. The van der Waals surface area contributed by atoms with Gasteiger partial charge in [-0.2, -0.15) is 0 Å². The van der Waals surface area contributed by atoms with Gasteiger partial charge in [-0.3, -0.25) is 0 Å². The topological polar surface area (TPSA) is 53.4 Å². The van der Waals surface area contributed by atoms with E-state index in [1.54, 1.807) is 23.7 Å². The van der Waals surface area contributed by atoms with Gasteiger partial charge in [0.05, 0.1) is 15.7 Å². The molecule has 116 valence electrons. The van der Waals surface area contributed by atoms with Crippen LogP contribution in [0.4, 0.5) is 0 Å². The zero-order chi connectivity index (χ0) is 16.5. The highest BCUT2D eigenvalue weighted by Gasteiger charge is 2.11. The van der Waals surface area contributed by atoms with E-state index in [2.05, 4.69) is 36.8 Å². The van der Waals surface area contributed by atoms with E-state index in [1.165, 1.54) is 11.3 Å². The molecule has 1 aromatic heterocycles. The third-order valence-electron chi connectivity index (χ3n) is 2.48. The molecule has 0 aliphatic carbocycles. The second kappa shape index (κ2) is 10.1. The van der Waals surface area contributed by atoms with E-state index in [-0.39, 0.29) is 0 Å². The maximum atomic E-state index is 8.86. The zero-order valence-electron chi connectivity index (χ0n) is 12.2. The molecule has 0 atom stereocenters. The van der Waals surface area contributed by atoms with Crippen molar-refractivity contribution in [2.24, 2.45) is 0 Å². The highest BCUT2D eigenvalue weighted by Crippen LogP contribution is 2.20. The standard InChI is InChI=1S/C7H6BNO2S.C6H4Br2.C2H6/c10-8(11)5-1-2-6-7(3-5)12-4-9-6;7-5-3-1-2-4-6(5)8;1-2/h1-4,10-11H;1-4H;1-2H3. The van der Waals surface area contributed by atoms with Crippen molar-refractivity contribution >= 4 is 66.0 Å². The Balaban J connectivity index is 0.000000211. The van der Waals surface area contributed by atoms with Gasteiger partial charge in [0, 0.05) is 8.95 Å². The second-order valence-corrected chi connectivity index (χ2v) is 6.46. The lowest BCUT2D eigenvalue weighted by molar-refractivity contribution is 0.426. The number of benzene rings is 2. The quantitative estimate of drug-likeness (QED) is 0.553. The van der Waals surface area contributed by atoms with Crippen LogP contribution in [0.2, 0.25) is 0 Å². The fraction of sp³-hybridized carbons (Fsp3) is 0.133. The van der Waals surface area contributed by atoms with E-state index in [0.29, 0.717) is 5.46 Å². The van der Waals surface area contributed by atoms with Gasteiger partial charge >= 0.3 is 7.12 Å². The number of hydrogen-bond donors (Lipinski definition) is 2. The highest BCUT2D eigenvalue weighted by molar-refractivity contribution is 9.13. The Kier molecular flexibility index (Phi) is 8.89. The van der Waals surface area contributed by atoms with E-state index in [4.69, 9.17) is 10.0 Å². The van der Waals surface area contributed by atoms with Gasteiger partial charge in [0.15, 0.2) is 0 Å². The fourth-order valence-corrected chi connectivity index (χ4v) is 2.77. The Hall–Kier alpha value is -0.725. The lowest BCUT2D eigenvalue weighted by Gasteiger charge is -1.96. The molecule has 0 unspecified atom stereocenters. The lowest BCUT2D eigenvalue weighted by Crippen LogP contribution is -2.29. The Bertz CT molecular complexity index is 686. The molecule has 7 heteroatoms. The molecule has 0 spiro atoms. The number of halogens is 2. The Morgan fingerprint density at radius 3 is 2.09 bits per heavy atom. The molecule has 0 bridgehead atoms. The summed E-state index contributed by atoms with van der Waals surface area (Å²) < 4.78 is 3.17. The largest absolute Gasteiger partial charge is 0.488 e. The molecule has 3 aromatic rings. The van der Waals surface area contributed by atoms with Crippen molar-refractivity contribution in [2.45, 2.75) is 13.8 Å². The molecule has 0 radical (unpaired) electrons. The molecule has 0 saturated heterocycles. The number of aromatic nitrogens is 1. The number of rotatable bonds is 1. The molecule has 0 amide bonds. The van der Waals surface area contributed by atoms with Crippen LogP contribution < -0.4 is 5.46 Å². The fourth-order valence-electron chi connectivity index (χ4n) is 1.47. The summed E-state index contributed by atoms with van der Waals surface area (Å²) in [6, 6.07) is 13.1. The molecular weight excluding hydrogens is 429 g/mol. The minimum atomic E-state index is -1.39. The van der Waals surface area contributed by atoms with Crippen LogP contribution in [0.1, 0.15) is 13.8 Å².